The number of pyridine rings is 1. The zero-order valence-corrected chi connectivity index (χ0v) is 18.5. The largest absolute Gasteiger partial charge is 0.356 e. The molecular formula is C20H26ClN7S. The van der Waals surface area contributed by atoms with Crippen LogP contribution in [0.25, 0.3) is 10.4 Å². The first-order valence-corrected chi connectivity index (χ1v) is 10.3. The molecule has 29 heavy (non-hydrogen) atoms. The van der Waals surface area contributed by atoms with Gasteiger partial charge < -0.3 is 15.1 Å². The van der Waals surface area contributed by atoms with E-state index in [9.17, 15) is 0 Å². The van der Waals surface area contributed by atoms with Crippen LogP contribution in [0, 0.1) is 6.92 Å². The lowest BCUT2D eigenvalue weighted by atomic mass is 10.0. The van der Waals surface area contributed by atoms with Gasteiger partial charge in [-0.05, 0) is 39.9 Å². The van der Waals surface area contributed by atoms with Gasteiger partial charge in [0.05, 0.1) is 4.88 Å². The van der Waals surface area contributed by atoms with Crippen molar-refractivity contribution >= 4 is 40.5 Å². The third-order valence-corrected chi connectivity index (χ3v) is 5.99. The highest BCUT2D eigenvalue weighted by atomic mass is 35.5. The molecule has 4 heterocycles. The Morgan fingerprint density at radius 1 is 1.17 bits per heavy atom. The number of piperidine rings is 1. The molecule has 0 aliphatic carbocycles. The number of anilines is 3. The van der Waals surface area contributed by atoms with Gasteiger partial charge >= 0.3 is 0 Å². The van der Waals surface area contributed by atoms with Gasteiger partial charge in [-0.15, -0.1) is 12.4 Å². The molecule has 1 saturated heterocycles. The molecule has 7 nitrogen and oxygen atoms in total. The molecule has 0 radical (unpaired) electrons. The van der Waals surface area contributed by atoms with Crippen molar-refractivity contribution in [3.63, 3.8) is 0 Å². The third-order valence-electron chi connectivity index (χ3n) is 5.03. The first kappa shape index (κ1) is 21.4. The zero-order chi connectivity index (χ0) is 19.5. The predicted octanol–water partition coefficient (Wildman–Crippen LogP) is 4.00. The van der Waals surface area contributed by atoms with Crippen molar-refractivity contribution in [1.29, 1.82) is 0 Å². The minimum Gasteiger partial charge on any atom is -0.356 e. The Kier molecular flexibility index (Phi) is 7.00. The molecule has 1 aliphatic heterocycles. The average molecular weight is 432 g/mol. The minimum absolute atomic E-state index is 0. The molecular weight excluding hydrogens is 406 g/mol. The summed E-state index contributed by atoms with van der Waals surface area (Å²) in [7, 11) is 4.32. The van der Waals surface area contributed by atoms with Crippen molar-refractivity contribution < 1.29 is 0 Å². The SMILES string of the molecule is Cc1nc(Nc2ncc(-c3cccnc3)s2)cc(N2CCC(N(C)C)CC2)n1.Cl. The molecule has 1 N–H and O–H groups in total. The highest BCUT2D eigenvalue weighted by Gasteiger charge is 2.22. The number of halogens is 1. The smallest absolute Gasteiger partial charge is 0.188 e. The Balaban J connectivity index is 0.00000240. The van der Waals surface area contributed by atoms with Crippen LogP contribution in [0.5, 0.6) is 0 Å². The molecule has 3 aromatic heterocycles. The zero-order valence-electron chi connectivity index (χ0n) is 16.9. The van der Waals surface area contributed by atoms with Crippen molar-refractivity contribution in [2.75, 3.05) is 37.4 Å². The minimum atomic E-state index is 0. The van der Waals surface area contributed by atoms with Crippen LogP contribution >= 0.6 is 23.7 Å². The van der Waals surface area contributed by atoms with Crippen LogP contribution in [0.4, 0.5) is 16.8 Å². The second kappa shape index (κ2) is 9.47. The average Bonchev–Trinajstić information content (AvgIpc) is 3.17. The van der Waals surface area contributed by atoms with E-state index in [0.717, 1.165) is 59.0 Å². The number of hydrogen-bond donors (Lipinski definition) is 1. The Morgan fingerprint density at radius 3 is 2.66 bits per heavy atom. The van der Waals surface area contributed by atoms with Crippen LogP contribution in [0.1, 0.15) is 18.7 Å². The molecule has 0 amide bonds. The number of thiazole rings is 1. The van der Waals surface area contributed by atoms with Gasteiger partial charge in [0.15, 0.2) is 5.13 Å². The molecule has 0 bridgehead atoms. The Morgan fingerprint density at radius 2 is 1.97 bits per heavy atom. The van der Waals surface area contributed by atoms with Gasteiger partial charge in [0, 0.05) is 49.4 Å². The van der Waals surface area contributed by atoms with Crippen LogP contribution in [0.15, 0.2) is 36.8 Å². The van der Waals surface area contributed by atoms with Gasteiger partial charge in [-0.25, -0.2) is 15.0 Å². The highest BCUT2D eigenvalue weighted by Crippen LogP contribution is 2.30. The summed E-state index contributed by atoms with van der Waals surface area (Å²) >= 11 is 1.59. The van der Waals surface area contributed by atoms with Crippen LogP contribution in [0.2, 0.25) is 0 Å². The van der Waals surface area contributed by atoms with E-state index in [1.54, 1.807) is 17.5 Å². The molecule has 9 heteroatoms. The van der Waals surface area contributed by atoms with Gasteiger partial charge in [-0.2, -0.15) is 0 Å². The van der Waals surface area contributed by atoms with Crippen molar-refractivity contribution in [2.24, 2.45) is 0 Å². The summed E-state index contributed by atoms with van der Waals surface area (Å²) in [5, 5.41) is 4.16. The van der Waals surface area contributed by atoms with Gasteiger partial charge in [0.1, 0.15) is 17.5 Å². The second-order valence-corrected chi connectivity index (χ2v) is 8.27. The highest BCUT2D eigenvalue weighted by molar-refractivity contribution is 7.18. The Bertz CT molecular complexity index is 924. The monoisotopic (exact) mass is 431 g/mol. The second-order valence-electron chi connectivity index (χ2n) is 7.24. The van der Waals surface area contributed by atoms with E-state index in [4.69, 9.17) is 0 Å². The maximum Gasteiger partial charge on any atom is 0.188 e. The van der Waals surface area contributed by atoms with E-state index >= 15 is 0 Å². The summed E-state index contributed by atoms with van der Waals surface area (Å²) in [6.07, 6.45) is 7.79. The maximum absolute atomic E-state index is 4.66. The van der Waals surface area contributed by atoms with Crippen molar-refractivity contribution in [3.8, 4) is 10.4 Å². The molecule has 0 saturated carbocycles. The van der Waals surface area contributed by atoms with Gasteiger partial charge in [-0.3, -0.25) is 4.98 Å². The van der Waals surface area contributed by atoms with Crippen LogP contribution in [0.3, 0.4) is 0 Å². The number of nitrogens with one attached hydrogen (secondary N) is 1. The number of aryl methyl sites for hydroxylation is 1. The fourth-order valence-electron chi connectivity index (χ4n) is 3.47. The molecule has 0 spiro atoms. The standard InChI is InChI=1S/C20H25N7S.ClH/c1-14-23-18(11-19(24-14)27-9-6-16(7-10-27)26(2)3)25-20-22-13-17(28-20)15-5-4-8-21-12-15;/h4-5,8,11-13,16H,6-7,9-10H2,1-3H3,(H,22,23,24,25);1H. The summed E-state index contributed by atoms with van der Waals surface area (Å²) in [4.78, 5) is 23.6. The molecule has 0 aromatic carbocycles. The first-order chi connectivity index (χ1) is 13.6. The summed E-state index contributed by atoms with van der Waals surface area (Å²) in [6, 6.07) is 6.64. The fourth-order valence-corrected chi connectivity index (χ4v) is 4.29. The lowest BCUT2D eigenvalue weighted by molar-refractivity contribution is 0.249. The third kappa shape index (κ3) is 5.20. The van der Waals surface area contributed by atoms with E-state index < -0.39 is 0 Å². The van der Waals surface area contributed by atoms with Crippen molar-refractivity contribution in [1.82, 2.24) is 24.8 Å². The van der Waals surface area contributed by atoms with E-state index in [-0.39, 0.29) is 12.4 Å². The lowest BCUT2D eigenvalue weighted by Crippen LogP contribution is -2.42. The van der Waals surface area contributed by atoms with Crippen LogP contribution in [-0.4, -0.2) is 58.1 Å². The topological polar surface area (TPSA) is 70.1 Å². The van der Waals surface area contributed by atoms with E-state index in [2.05, 4.69) is 49.1 Å². The van der Waals surface area contributed by atoms with Crippen LogP contribution < -0.4 is 10.2 Å². The molecule has 3 aromatic rings. The first-order valence-electron chi connectivity index (χ1n) is 9.49. The fraction of sp³-hybridized carbons (Fsp3) is 0.400. The van der Waals surface area contributed by atoms with Crippen molar-refractivity contribution in [3.05, 3.63) is 42.6 Å². The summed E-state index contributed by atoms with van der Waals surface area (Å²) in [5.41, 5.74) is 1.07. The molecule has 4 rings (SSSR count). The Labute approximate surface area is 181 Å². The Hall–Kier alpha value is -2.29. The summed E-state index contributed by atoms with van der Waals surface area (Å²) in [6.45, 7) is 3.96. The number of rotatable bonds is 5. The van der Waals surface area contributed by atoms with Gasteiger partial charge in [0.25, 0.3) is 0 Å². The molecule has 0 atom stereocenters. The van der Waals surface area contributed by atoms with Gasteiger partial charge in [-0.1, -0.05) is 17.4 Å². The van der Waals surface area contributed by atoms with Crippen molar-refractivity contribution in [2.45, 2.75) is 25.8 Å². The molecule has 1 aliphatic rings. The van der Waals surface area contributed by atoms with Crippen LogP contribution in [-0.2, 0) is 0 Å². The van der Waals surface area contributed by atoms with E-state index in [1.165, 1.54) is 0 Å². The molecule has 0 unspecified atom stereocenters. The van der Waals surface area contributed by atoms with E-state index in [1.807, 2.05) is 37.5 Å². The predicted molar refractivity (Wildman–Crippen MR) is 122 cm³/mol. The number of aromatic nitrogens is 4. The summed E-state index contributed by atoms with van der Waals surface area (Å²) in [5.74, 6) is 2.53. The normalized spacial score (nSPS) is 14.7. The van der Waals surface area contributed by atoms with Gasteiger partial charge in [0.2, 0.25) is 0 Å². The summed E-state index contributed by atoms with van der Waals surface area (Å²) < 4.78 is 0. The van der Waals surface area contributed by atoms with E-state index in [0.29, 0.717) is 6.04 Å². The number of nitrogens with zero attached hydrogens (tertiary/aromatic N) is 6. The molecule has 1 fully saturated rings. The number of hydrogen-bond acceptors (Lipinski definition) is 8. The lowest BCUT2D eigenvalue weighted by Gasteiger charge is -2.35. The molecule has 154 valence electrons. The quantitative estimate of drug-likeness (QED) is 0.654. The maximum atomic E-state index is 4.66.